The molecule has 2 aromatic rings. The Labute approximate surface area is 112 Å². The topological polar surface area (TPSA) is 37.3 Å². The third-order valence-corrected chi connectivity index (χ3v) is 2.82. The SMILES string of the molecule is CC(=O)c1cccc(C#Cc2ccc(O)cc2C)c1. The molecule has 2 nitrogen and oxygen atoms in total. The van der Waals surface area contributed by atoms with E-state index in [0.717, 1.165) is 16.7 Å². The lowest BCUT2D eigenvalue weighted by molar-refractivity contribution is 0.101. The summed E-state index contributed by atoms with van der Waals surface area (Å²) in [5.74, 6) is 6.35. The third kappa shape index (κ3) is 3.23. The molecular formula is C17H14O2. The highest BCUT2D eigenvalue weighted by Crippen LogP contribution is 2.14. The molecule has 0 radical (unpaired) electrons. The average Bonchev–Trinajstić information content (AvgIpc) is 2.38. The van der Waals surface area contributed by atoms with Crippen LogP contribution in [0.15, 0.2) is 42.5 Å². The maximum Gasteiger partial charge on any atom is 0.159 e. The van der Waals surface area contributed by atoms with Gasteiger partial charge in [0.2, 0.25) is 0 Å². The van der Waals surface area contributed by atoms with E-state index in [1.165, 1.54) is 6.92 Å². The lowest BCUT2D eigenvalue weighted by Crippen LogP contribution is -1.91. The molecule has 2 rings (SSSR count). The lowest BCUT2D eigenvalue weighted by Gasteiger charge is -1.99. The van der Waals surface area contributed by atoms with Gasteiger partial charge in [-0.25, -0.2) is 0 Å². The van der Waals surface area contributed by atoms with Crippen molar-refractivity contribution < 1.29 is 9.90 Å². The zero-order chi connectivity index (χ0) is 13.8. The van der Waals surface area contributed by atoms with Crippen molar-refractivity contribution in [3.8, 4) is 17.6 Å². The first kappa shape index (κ1) is 12.9. The van der Waals surface area contributed by atoms with E-state index >= 15 is 0 Å². The van der Waals surface area contributed by atoms with Crippen molar-refractivity contribution in [2.45, 2.75) is 13.8 Å². The Bertz CT molecular complexity index is 688. The molecule has 94 valence electrons. The summed E-state index contributed by atoms with van der Waals surface area (Å²) in [7, 11) is 0. The van der Waals surface area contributed by atoms with Crippen molar-refractivity contribution >= 4 is 5.78 Å². The maximum absolute atomic E-state index is 11.3. The van der Waals surface area contributed by atoms with Crippen LogP contribution in [0.5, 0.6) is 5.75 Å². The predicted molar refractivity (Wildman–Crippen MR) is 75.3 cm³/mol. The number of rotatable bonds is 1. The summed E-state index contributed by atoms with van der Waals surface area (Å²) in [5.41, 5.74) is 3.26. The standard InChI is InChI=1S/C17H14O2/c1-12-10-17(19)9-8-15(12)7-6-14-4-3-5-16(11-14)13(2)18/h3-5,8-11,19H,1-2H3. The van der Waals surface area contributed by atoms with Gasteiger partial charge in [0, 0.05) is 16.7 Å². The Hall–Kier alpha value is -2.53. The first-order chi connectivity index (χ1) is 9.06. The molecule has 0 aliphatic carbocycles. The predicted octanol–water partition coefficient (Wildman–Crippen LogP) is 3.30. The number of aryl methyl sites for hydroxylation is 1. The monoisotopic (exact) mass is 250 g/mol. The Morgan fingerprint density at radius 2 is 1.89 bits per heavy atom. The molecule has 0 amide bonds. The number of phenols is 1. The van der Waals surface area contributed by atoms with E-state index in [1.54, 1.807) is 30.3 Å². The van der Waals surface area contributed by atoms with Gasteiger partial charge in [0.25, 0.3) is 0 Å². The maximum atomic E-state index is 11.3. The first-order valence-electron chi connectivity index (χ1n) is 5.99. The van der Waals surface area contributed by atoms with Crippen LogP contribution in [-0.2, 0) is 0 Å². The van der Waals surface area contributed by atoms with Crippen LogP contribution in [0.1, 0.15) is 34.0 Å². The Morgan fingerprint density at radius 1 is 1.11 bits per heavy atom. The fourth-order valence-corrected chi connectivity index (χ4v) is 1.74. The highest BCUT2D eigenvalue weighted by molar-refractivity contribution is 5.94. The summed E-state index contributed by atoms with van der Waals surface area (Å²) in [4.78, 5) is 11.3. The van der Waals surface area contributed by atoms with E-state index in [4.69, 9.17) is 0 Å². The molecule has 1 N–H and O–H groups in total. The molecule has 0 spiro atoms. The molecule has 0 unspecified atom stereocenters. The van der Waals surface area contributed by atoms with Crippen molar-refractivity contribution in [1.82, 2.24) is 0 Å². The van der Waals surface area contributed by atoms with Gasteiger partial charge in [0.15, 0.2) is 5.78 Å². The van der Waals surface area contributed by atoms with Gasteiger partial charge in [-0.3, -0.25) is 4.79 Å². The summed E-state index contributed by atoms with van der Waals surface area (Å²) >= 11 is 0. The quantitative estimate of drug-likeness (QED) is 0.623. The minimum Gasteiger partial charge on any atom is -0.508 e. The van der Waals surface area contributed by atoms with E-state index < -0.39 is 0 Å². The Kier molecular flexibility index (Phi) is 3.68. The second-order valence-corrected chi connectivity index (χ2v) is 4.39. The van der Waals surface area contributed by atoms with Gasteiger partial charge in [-0.05, 0) is 49.7 Å². The van der Waals surface area contributed by atoms with Crippen LogP contribution < -0.4 is 0 Å². The number of benzene rings is 2. The van der Waals surface area contributed by atoms with Crippen molar-refractivity contribution in [2.75, 3.05) is 0 Å². The second kappa shape index (κ2) is 5.41. The number of hydrogen-bond acceptors (Lipinski definition) is 2. The van der Waals surface area contributed by atoms with Gasteiger partial charge in [-0.2, -0.15) is 0 Å². The summed E-state index contributed by atoms with van der Waals surface area (Å²) in [5, 5.41) is 9.33. The lowest BCUT2D eigenvalue weighted by atomic mass is 10.1. The normalized spacial score (nSPS) is 9.58. The number of carbonyl (C=O) groups excluding carboxylic acids is 1. The van der Waals surface area contributed by atoms with Crippen LogP contribution in [0.25, 0.3) is 0 Å². The number of Topliss-reactive ketones (excluding diaryl/α,β-unsaturated/α-hetero) is 1. The average molecular weight is 250 g/mol. The minimum atomic E-state index is 0.0319. The summed E-state index contributed by atoms with van der Waals surface area (Å²) in [6.07, 6.45) is 0. The summed E-state index contributed by atoms with van der Waals surface area (Å²) in [6.45, 7) is 3.44. The minimum absolute atomic E-state index is 0.0319. The number of phenolic OH excluding ortho intramolecular Hbond substituents is 1. The zero-order valence-corrected chi connectivity index (χ0v) is 10.9. The third-order valence-electron chi connectivity index (χ3n) is 2.82. The van der Waals surface area contributed by atoms with Crippen molar-refractivity contribution in [1.29, 1.82) is 0 Å². The molecule has 0 heterocycles. The molecule has 0 aliphatic heterocycles. The van der Waals surface area contributed by atoms with Gasteiger partial charge in [-0.15, -0.1) is 0 Å². The van der Waals surface area contributed by atoms with E-state index in [9.17, 15) is 9.90 Å². The Morgan fingerprint density at radius 3 is 2.58 bits per heavy atom. The summed E-state index contributed by atoms with van der Waals surface area (Å²) < 4.78 is 0. The van der Waals surface area contributed by atoms with Gasteiger partial charge < -0.3 is 5.11 Å². The molecule has 0 aliphatic rings. The number of carbonyl (C=O) groups is 1. The van der Waals surface area contributed by atoms with E-state index in [-0.39, 0.29) is 11.5 Å². The fraction of sp³-hybridized carbons (Fsp3) is 0.118. The van der Waals surface area contributed by atoms with E-state index in [1.807, 2.05) is 19.1 Å². The van der Waals surface area contributed by atoms with Crippen LogP contribution in [-0.4, -0.2) is 10.9 Å². The van der Waals surface area contributed by atoms with Crippen LogP contribution in [0.4, 0.5) is 0 Å². The molecule has 0 bridgehead atoms. The smallest absolute Gasteiger partial charge is 0.159 e. The molecule has 0 saturated carbocycles. The Balaban J connectivity index is 2.33. The molecule has 0 saturated heterocycles. The molecule has 0 atom stereocenters. The number of ketones is 1. The molecule has 0 fully saturated rings. The molecule has 19 heavy (non-hydrogen) atoms. The second-order valence-electron chi connectivity index (χ2n) is 4.39. The van der Waals surface area contributed by atoms with Gasteiger partial charge in [0.05, 0.1) is 0 Å². The van der Waals surface area contributed by atoms with Crippen molar-refractivity contribution in [2.24, 2.45) is 0 Å². The fourth-order valence-electron chi connectivity index (χ4n) is 1.74. The van der Waals surface area contributed by atoms with Crippen LogP contribution >= 0.6 is 0 Å². The van der Waals surface area contributed by atoms with Gasteiger partial charge >= 0.3 is 0 Å². The van der Waals surface area contributed by atoms with Gasteiger partial charge in [-0.1, -0.05) is 24.0 Å². The van der Waals surface area contributed by atoms with Crippen LogP contribution in [0, 0.1) is 18.8 Å². The summed E-state index contributed by atoms with van der Waals surface area (Å²) in [6, 6.07) is 12.3. The van der Waals surface area contributed by atoms with E-state index in [0.29, 0.717) is 5.56 Å². The first-order valence-corrected chi connectivity index (χ1v) is 5.99. The van der Waals surface area contributed by atoms with Crippen molar-refractivity contribution in [3.63, 3.8) is 0 Å². The zero-order valence-electron chi connectivity index (χ0n) is 10.9. The van der Waals surface area contributed by atoms with Crippen LogP contribution in [0.3, 0.4) is 0 Å². The molecule has 2 aromatic carbocycles. The van der Waals surface area contributed by atoms with Crippen LogP contribution in [0.2, 0.25) is 0 Å². The largest absolute Gasteiger partial charge is 0.508 e. The number of aromatic hydroxyl groups is 1. The van der Waals surface area contributed by atoms with Crippen molar-refractivity contribution in [3.05, 3.63) is 64.7 Å². The van der Waals surface area contributed by atoms with Gasteiger partial charge in [0.1, 0.15) is 5.75 Å². The highest BCUT2D eigenvalue weighted by Gasteiger charge is 1.99. The molecule has 0 aromatic heterocycles. The molecular weight excluding hydrogens is 236 g/mol. The molecule has 2 heteroatoms. The number of hydrogen-bond donors (Lipinski definition) is 1. The highest BCUT2D eigenvalue weighted by atomic mass is 16.3. The van der Waals surface area contributed by atoms with E-state index in [2.05, 4.69) is 11.8 Å².